The van der Waals surface area contributed by atoms with E-state index in [0.29, 0.717) is 18.5 Å². The van der Waals surface area contributed by atoms with Crippen molar-refractivity contribution in [3.05, 3.63) is 35.9 Å². The first-order chi connectivity index (χ1) is 9.54. The normalized spacial score (nSPS) is 24.4. The van der Waals surface area contributed by atoms with Gasteiger partial charge in [0.1, 0.15) is 6.04 Å². The summed E-state index contributed by atoms with van der Waals surface area (Å²) in [5, 5.41) is 9.75. The molecule has 0 aliphatic carbocycles. The molecule has 0 spiro atoms. The lowest BCUT2D eigenvalue weighted by atomic mass is 10.0. The molecule has 3 atom stereocenters. The summed E-state index contributed by atoms with van der Waals surface area (Å²) in [6, 6.07) is 7.92. The molecule has 1 saturated heterocycles. The van der Waals surface area contributed by atoms with E-state index < -0.39 is 24.2 Å². The number of ketones is 1. The van der Waals surface area contributed by atoms with Crippen LogP contribution in [0.1, 0.15) is 23.7 Å². The van der Waals surface area contributed by atoms with E-state index in [1.165, 1.54) is 7.11 Å². The summed E-state index contributed by atoms with van der Waals surface area (Å²) in [5.74, 6) is -0.470. The molecule has 5 nitrogen and oxygen atoms in total. The Hall–Kier alpha value is -1.72. The van der Waals surface area contributed by atoms with Gasteiger partial charge in [-0.25, -0.2) is 0 Å². The van der Waals surface area contributed by atoms with Crippen molar-refractivity contribution >= 4 is 11.8 Å². The Morgan fingerprint density at radius 3 is 2.60 bits per heavy atom. The van der Waals surface area contributed by atoms with Crippen molar-refractivity contribution in [3.8, 4) is 0 Å². The van der Waals surface area contributed by atoms with Gasteiger partial charge in [0.15, 0.2) is 5.78 Å². The fourth-order valence-electron chi connectivity index (χ4n) is 2.63. The van der Waals surface area contributed by atoms with Crippen molar-refractivity contribution in [2.75, 3.05) is 13.7 Å². The average Bonchev–Trinajstić information content (AvgIpc) is 2.87. The van der Waals surface area contributed by atoms with Crippen LogP contribution in [0.2, 0.25) is 0 Å². The number of nitrogens with zero attached hydrogens (tertiary/aromatic N) is 1. The highest BCUT2D eigenvalue weighted by molar-refractivity contribution is 6.00. The number of aliphatic hydroxyl groups excluding tert-OH is 1. The van der Waals surface area contributed by atoms with Gasteiger partial charge >= 0.3 is 5.97 Å². The highest BCUT2D eigenvalue weighted by atomic mass is 16.5. The summed E-state index contributed by atoms with van der Waals surface area (Å²) in [7, 11) is 1.31. The standard InChI is InChI=1S/C15H19NO4/c1-10(14(18)11-6-4-3-5-7-11)16-9-12(17)8-13(16)15(19)20-2/h3-7,10,12-13,17H,8-9H2,1-2H3. The number of Topliss-reactive ketones (excluding diaryl/α,β-unsaturated/α-hetero) is 1. The number of esters is 1. The van der Waals surface area contributed by atoms with Crippen molar-refractivity contribution < 1.29 is 19.4 Å². The van der Waals surface area contributed by atoms with Crippen LogP contribution in [0.3, 0.4) is 0 Å². The molecular weight excluding hydrogens is 258 g/mol. The minimum atomic E-state index is -0.606. The summed E-state index contributed by atoms with van der Waals surface area (Å²) in [5.41, 5.74) is 0.602. The Balaban J connectivity index is 2.17. The van der Waals surface area contributed by atoms with Crippen molar-refractivity contribution in [2.24, 2.45) is 0 Å². The lowest BCUT2D eigenvalue weighted by molar-refractivity contribution is -0.146. The third kappa shape index (κ3) is 2.89. The van der Waals surface area contributed by atoms with E-state index in [1.807, 2.05) is 6.07 Å². The maximum Gasteiger partial charge on any atom is 0.323 e. The predicted molar refractivity (Wildman–Crippen MR) is 73.4 cm³/mol. The third-order valence-electron chi connectivity index (χ3n) is 3.73. The Morgan fingerprint density at radius 1 is 1.35 bits per heavy atom. The quantitative estimate of drug-likeness (QED) is 0.653. The molecule has 1 aromatic rings. The lowest BCUT2D eigenvalue weighted by Crippen LogP contribution is -2.46. The molecule has 0 saturated carbocycles. The van der Waals surface area contributed by atoms with Gasteiger partial charge in [-0.05, 0) is 6.92 Å². The number of methoxy groups -OCH3 is 1. The molecule has 3 unspecified atom stereocenters. The first-order valence-electron chi connectivity index (χ1n) is 6.65. The molecule has 0 radical (unpaired) electrons. The number of ether oxygens (including phenoxy) is 1. The monoisotopic (exact) mass is 277 g/mol. The minimum Gasteiger partial charge on any atom is -0.468 e. The molecule has 20 heavy (non-hydrogen) atoms. The zero-order chi connectivity index (χ0) is 14.7. The van der Waals surface area contributed by atoms with Gasteiger partial charge in [0.25, 0.3) is 0 Å². The summed E-state index contributed by atoms with van der Waals surface area (Å²) in [6.45, 7) is 2.06. The van der Waals surface area contributed by atoms with Crippen LogP contribution in [0.4, 0.5) is 0 Å². The van der Waals surface area contributed by atoms with Gasteiger partial charge in [-0.3, -0.25) is 14.5 Å². The smallest absolute Gasteiger partial charge is 0.323 e. The van der Waals surface area contributed by atoms with E-state index in [2.05, 4.69) is 0 Å². The third-order valence-corrected chi connectivity index (χ3v) is 3.73. The van der Waals surface area contributed by atoms with Crippen LogP contribution in [-0.2, 0) is 9.53 Å². The van der Waals surface area contributed by atoms with Crippen LogP contribution in [0, 0.1) is 0 Å². The van der Waals surface area contributed by atoms with Crippen LogP contribution < -0.4 is 0 Å². The Kier molecular flexibility index (Phi) is 4.52. The highest BCUT2D eigenvalue weighted by Crippen LogP contribution is 2.23. The number of aliphatic hydroxyl groups is 1. The molecule has 1 heterocycles. The second kappa shape index (κ2) is 6.15. The number of β-amino-alcohol motifs (C(OH)–C–C–N with tert-alkyl or cyclic N) is 1. The van der Waals surface area contributed by atoms with Crippen molar-refractivity contribution in [2.45, 2.75) is 31.5 Å². The second-order valence-electron chi connectivity index (χ2n) is 5.03. The molecule has 5 heteroatoms. The van der Waals surface area contributed by atoms with E-state index in [9.17, 15) is 14.7 Å². The van der Waals surface area contributed by atoms with Crippen molar-refractivity contribution in [1.82, 2.24) is 4.90 Å². The van der Waals surface area contributed by atoms with Crippen molar-refractivity contribution in [1.29, 1.82) is 0 Å². The van der Waals surface area contributed by atoms with E-state index in [1.54, 1.807) is 36.1 Å². The lowest BCUT2D eigenvalue weighted by Gasteiger charge is -2.27. The largest absolute Gasteiger partial charge is 0.468 e. The molecule has 1 fully saturated rings. The van der Waals surface area contributed by atoms with Gasteiger partial charge in [-0.2, -0.15) is 0 Å². The Labute approximate surface area is 118 Å². The van der Waals surface area contributed by atoms with E-state index in [0.717, 1.165) is 0 Å². The van der Waals surface area contributed by atoms with Gasteiger partial charge in [0.2, 0.25) is 0 Å². The number of carbonyl (C=O) groups is 2. The SMILES string of the molecule is COC(=O)C1CC(O)CN1C(C)C(=O)c1ccccc1. The first kappa shape index (κ1) is 14.7. The van der Waals surface area contributed by atoms with E-state index >= 15 is 0 Å². The molecule has 1 N–H and O–H groups in total. The average molecular weight is 277 g/mol. The van der Waals surface area contributed by atoms with Gasteiger partial charge in [-0.1, -0.05) is 30.3 Å². The summed E-state index contributed by atoms with van der Waals surface area (Å²) in [6.07, 6.45) is -0.302. The summed E-state index contributed by atoms with van der Waals surface area (Å²) in [4.78, 5) is 25.9. The molecule has 1 aliphatic rings. The molecule has 0 amide bonds. The molecule has 108 valence electrons. The van der Waals surface area contributed by atoms with Crippen LogP contribution >= 0.6 is 0 Å². The maximum atomic E-state index is 12.4. The number of hydrogen-bond donors (Lipinski definition) is 1. The van der Waals surface area contributed by atoms with Crippen molar-refractivity contribution in [3.63, 3.8) is 0 Å². The highest BCUT2D eigenvalue weighted by Gasteiger charge is 2.41. The second-order valence-corrected chi connectivity index (χ2v) is 5.03. The van der Waals surface area contributed by atoms with E-state index in [-0.39, 0.29) is 5.78 Å². The summed E-state index contributed by atoms with van der Waals surface area (Å²) < 4.78 is 4.75. The molecule has 0 bridgehead atoms. The van der Waals surface area contributed by atoms with Crippen LogP contribution in [0.25, 0.3) is 0 Å². The number of likely N-dealkylation sites (tertiary alicyclic amines) is 1. The van der Waals surface area contributed by atoms with Gasteiger partial charge in [0.05, 0.1) is 19.3 Å². The fourth-order valence-corrected chi connectivity index (χ4v) is 2.63. The molecular formula is C15H19NO4. The van der Waals surface area contributed by atoms with Crippen LogP contribution in [0.5, 0.6) is 0 Å². The first-order valence-corrected chi connectivity index (χ1v) is 6.65. The number of hydrogen-bond acceptors (Lipinski definition) is 5. The van der Waals surface area contributed by atoms with Gasteiger partial charge in [0, 0.05) is 18.5 Å². The topological polar surface area (TPSA) is 66.8 Å². The predicted octanol–water partition coefficient (Wildman–Crippen LogP) is 0.866. The Morgan fingerprint density at radius 2 is 2.00 bits per heavy atom. The molecule has 1 aliphatic heterocycles. The fraction of sp³-hybridized carbons (Fsp3) is 0.467. The zero-order valence-electron chi connectivity index (χ0n) is 11.7. The van der Waals surface area contributed by atoms with E-state index in [4.69, 9.17) is 4.74 Å². The minimum absolute atomic E-state index is 0.0615. The molecule has 2 rings (SSSR count). The molecule has 1 aromatic carbocycles. The maximum absolute atomic E-state index is 12.4. The number of benzene rings is 1. The summed E-state index contributed by atoms with van der Waals surface area (Å²) >= 11 is 0. The zero-order valence-corrected chi connectivity index (χ0v) is 11.7. The van der Waals surface area contributed by atoms with Crippen LogP contribution in [0.15, 0.2) is 30.3 Å². The molecule has 0 aromatic heterocycles. The van der Waals surface area contributed by atoms with Crippen LogP contribution in [-0.4, -0.2) is 53.6 Å². The number of carbonyl (C=O) groups excluding carboxylic acids is 2. The van der Waals surface area contributed by atoms with Gasteiger partial charge < -0.3 is 9.84 Å². The van der Waals surface area contributed by atoms with Gasteiger partial charge in [-0.15, -0.1) is 0 Å². The number of rotatable bonds is 4. The Bertz CT molecular complexity index is 488.